The number of carboxylic acid groups (broad SMARTS) is 2. The summed E-state index contributed by atoms with van der Waals surface area (Å²) in [6.45, 7) is -1.19. The minimum Gasteiger partial charge on any atom is -0.506 e. The number of hydrogen-bond donors (Lipinski definition) is 14. The first-order valence-electron chi connectivity index (χ1n) is 17.8. The number of aliphatic carboxylic acids is 2. The van der Waals surface area contributed by atoms with Gasteiger partial charge in [-0.25, -0.2) is 22.1 Å². The highest BCUT2D eigenvalue weighted by Gasteiger charge is 2.58. The summed E-state index contributed by atoms with van der Waals surface area (Å²) in [4.78, 5) is 48.9. The number of carboxylic acids is 2. The first kappa shape index (κ1) is 54.0. The lowest BCUT2D eigenvalue weighted by molar-refractivity contribution is -0.362. The third kappa shape index (κ3) is 14.0. The summed E-state index contributed by atoms with van der Waals surface area (Å²) < 4.78 is 147. The van der Waals surface area contributed by atoms with Crippen LogP contribution in [0.5, 0.6) is 0 Å². The number of aliphatic hydroxyl groups excluding tert-OH is 7. The summed E-state index contributed by atoms with van der Waals surface area (Å²) in [6.07, 6.45) is -39.0. The average molecular weight is 1010 g/mol. The van der Waals surface area contributed by atoms with Gasteiger partial charge in [-0.05, 0) is 0 Å². The molecular formula is C28H42N2O32S3. The van der Waals surface area contributed by atoms with Gasteiger partial charge in [-0.1, -0.05) is 0 Å². The van der Waals surface area contributed by atoms with Crippen molar-refractivity contribution in [3.63, 3.8) is 0 Å². The molecule has 34 nitrogen and oxygen atoms in total. The van der Waals surface area contributed by atoms with Gasteiger partial charge in [0.15, 0.2) is 30.7 Å². The Morgan fingerprint density at radius 2 is 1.12 bits per heavy atom. The minimum absolute atomic E-state index is 0.817. The fourth-order valence-corrected chi connectivity index (χ4v) is 7.74. The SMILES string of the molecule is CC(=O)N[C@H]1[C@H](O[C@H]2[C@H](O)[C@@H](O)[C@H](O[C@H]3[C@@H](OS(=O)(=O)O)[C@@H](COS(=O)(=O)O)OC(O)[C@@H]3NC(C)=O)O[C@@H]2C(=O)O)O[C@H](COS(=O)(=O)O)[C@H](O)[C@@H]1O[C@@H]1OC(C(=O)O)=C(O)[C@H](O)[C@H]1O. The van der Waals surface area contributed by atoms with Gasteiger partial charge in [-0.3, -0.25) is 23.2 Å². The molecule has 0 spiro atoms. The molecule has 0 radical (unpaired) electrons. The number of carbonyl (C=O) groups excluding carboxylic acids is 2. The topological polar surface area (TPSA) is 530 Å². The smallest absolute Gasteiger partial charge is 0.397 e. The Hall–Kier alpha value is -3.65. The van der Waals surface area contributed by atoms with E-state index in [0.29, 0.717) is 0 Å². The van der Waals surface area contributed by atoms with Crippen LogP contribution in [0.15, 0.2) is 11.5 Å². The number of nitrogens with one attached hydrogen (secondary N) is 2. The average Bonchev–Trinajstić information content (AvgIpc) is 3.16. The highest BCUT2D eigenvalue weighted by molar-refractivity contribution is 7.81. The molecule has 0 saturated carbocycles. The molecule has 0 aromatic rings. The van der Waals surface area contributed by atoms with E-state index in [1.165, 1.54) is 0 Å². The van der Waals surface area contributed by atoms with Crippen LogP contribution in [-0.2, 0) is 96.1 Å². The predicted molar refractivity (Wildman–Crippen MR) is 189 cm³/mol. The van der Waals surface area contributed by atoms with Crippen LogP contribution in [0.4, 0.5) is 0 Å². The molecule has 0 aromatic heterocycles. The molecule has 1 unspecified atom stereocenters. The van der Waals surface area contributed by atoms with Crippen LogP contribution in [-0.4, -0.2) is 232 Å². The largest absolute Gasteiger partial charge is 0.506 e. The normalized spacial score (nSPS) is 38.3. The molecule has 3 fully saturated rings. The molecule has 14 N–H and O–H groups in total. The van der Waals surface area contributed by atoms with Gasteiger partial charge in [0.05, 0.1) is 13.2 Å². The lowest BCUT2D eigenvalue weighted by Gasteiger charge is -2.49. The first-order chi connectivity index (χ1) is 29.8. The fourth-order valence-electron chi connectivity index (χ4n) is 6.61. The van der Waals surface area contributed by atoms with E-state index >= 15 is 0 Å². The van der Waals surface area contributed by atoms with Crippen LogP contribution in [0.2, 0.25) is 0 Å². The Balaban J connectivity index is 1.74. The Kier molecular flexibility index (Phi) is 17.5. The molecule has 4 rings (SSSR count). The third-order valence-electron chi connectivity index (χ3n) is 9.28. The van der Waals surface area contributed by atoms with Gasteiger partial charge in [0.2, 0.25) is 23.9 Å². The zero-order valence-corrected chi connectivity index (χ0v) is 35.0. The van der Waals surface area contributed by atoms with Crippen molar-refractivity contribution in [3.05, 3.63) is 11.5 Å². The second-order valence-corrected chi connectivity index (χ2v) is 17.2. The maximum absolute atomic E-state index is 12.7. The van der Waals surface area contributed by atoms with Crippen molar-refractivity contribution in [2.75, 3.05) is 13.2 Å². The van der Waals surface area contributed by atoms with Crippen LogP contribution in [0.25, 0.3) is 0 Å². The Labute approximate surface area is 363 Å². The van der Waals surface area contributed by atoms with Crippen molar-refractivity contribution in [1.82, 2.24) is 10.6 Å². The van der Waals surface area contributed by atoms with E-state index in [1.807, 2.05) is 5.32 Å². The molecule has 0 bridgehead atoms. The number of aliphatic hydroxyl groups is 7. The summed E-state index contributed by atoms with van der Waals surface area (Å²) in [6, 6.07) is -4.19. The predicted octanol–water partition coefficient (Wildman–Crippen LogP) is -8.76. The molecular weight excluding hydrogens is 972 g/mol. The third-order valence-corrected chi connectivity index (χ3v) is 10.6. The van der Waals surface area contributed by atoms with Gasteiger partial charge >= 0.3 is 43.1 Å². The quantitative estimate of drug-likeness (QED) is 0.0567. The highest BCUT2D eigenvalue weighted by atomic mass is 32.3. The second kappa shape index (κ2) is 21.1. The van der Waals surface area contributed by atoms with Crippen molar-refractivity contribution in [2.24, 2.45) is 0 Å². The lowest BCUT2D eigenvalue weighted by atomic mass is 9.94. The van der Waals surface area contributed by atoms with Gasteiger partial charge in [-0.2, -0.15) is 25.3 Å². The molecule has 65 heavy (non-hydrogen) atoms. The van der Waals surface area contributed by atoms with E-state index in [2.05, 4.69) is 17.9 Å². The molecule has 3 saturated heterocycles. The number of hydrogen-bond acceptors (Lipinski definition) is 27. The van der Waals surface area contributed by atoms with E-state index < -0.39 is 190 Å². The van der Waals surface area contributed by atoms with Crippen LogP contribution < -0.4 is 10.6 Å². The van der Waals surface area contributed by atoms with Gasteiger partial charge < -0.3 is 89.8 Å². The van der Waals surface area contributed by atoms with Gasteiger partial charge in [0.1, 0.15) is 79.2 Å². The summed E-state index contributed by atoms with van der Waals surface area (Å²) in [5.41, 5.74) is 0. The molecule has 374 valence electrons. The number of ether oxygens (including phenoxy) is 7. The number of rotatable bonds is 18. The summed E-state index contributed by atoms with van der Waals surface area (Å²) in [5, 5.41) is 99.2. The zero-order valence-electron chi connectivity index (χ0n) is 32.6. The Bertz CT molecular complexity index is 2120. The van der Waals surface area contributed by atoms with Crippen molar-refractivity contribution in [2.45, 2.75) is 124 Å². The van der Waals surface area contributed by atoms with E-state index in [9.17, 15) is 99.5 Å². The highest BCUT2D eigenvalue weighted by Crippen LogP contribution is 2.36. The van der Waals surface area contributed by atoms with Crippen LogP contribution in [0, 0.1) is 0 Å². The standard InChI is InChI=1S/C28H42N2O32S3/c1-5(31)29-9-19(17(62-65(50,51)52)8(55-25(9)43)4-54-64(47,48)49)58-28-16(38)14(36)20(22(61-28)24(41)42)59-26-10(30-6(2)32)18(11(33)7(56-26)3-53-63(44,45)46)57-27-15(37)12(34)13(35)21(60-27)23(39)40/h7-12,14-20,22,25-28,33-38,43H,3-4H2,1-2H3,(H,29,31)(H,30,32)(H,39,40)(H,41,42)(H,44,45,46)(H,47,48,49)(H,50,51,52)/t7-,8-,9-,10-,11+,12+,14-,15-,16-,17+,18-,19-,20+,22+,25?,26+,27-,28-/m1/s1. The Morgan fingerprint density at radius 1 is 0.600 bits per heavy atom. The maximum atomic E-state index is 12.7. The van der Waals surface area contributed by atoms with Crippen molar-refractivity contribution >= 4 is 54.9 Å². The van der Waals surface area contributed by atoms with Crippen molar-refractivity contribution in [3.8, 4) is 0 Å². The monoisotopic (exact) mass is 1010 g/mol. The van der Waals surface area contributed by atoms with Crippen LogP contribution in [0.1, 0.15) is 13.8 Å². The summed E-state index contributed by atoms with van der Waals surface area (Å²) in [5.74, 6) is -9.10. The van der Waals surface area contributed by atoms with Crippen molar-refractivity contribution in [1.29, 1.82) is 0 Å². The maximum Gasteiger partial charge on any atom is 0.397 e. The van der Waals surface area contributed by atoms with Gasteiger partial charge in [-0.15, -0.1) is 0 Å². The second-order valence-electron chi connectivity index (χ2n) is 14.0. The molecule has 4 aliphatic heterocycles. The molecule has 18 atom stereocenters. The van der Waals surface area contributed by atoms with E-state index in [-0.39, 0.29) is 0 Å². The van der Waals surface area contributed by atoms with E-state index in [1.54, 1.807) is 0 Å². The minimum atomic E-state index is -5.68. The number of carbonyl (C=O) groups is 4. The molecule has 4 aliphatic rings. The summed E-state index contributed by atoms with van der Waals surface area (Å²) in [7, 11) is -16.4. The fraction of sp³-hybridized carbons (Fsp3) is 0.786. The molecule has 0 aliphatic carbocycles. The molecule has 37 heteroatoms. The van der Waals surface area contributed by atoms with Crippen molar-refractivity contribution < 1.29 is 150 Å². The van der Waals surface area contributed by atoms with Crippen LogP contribution >= 0.6 is 0 Å². The molecule has 4 heterocycles. The molecule has 2 amide bonds. The van der Waals surface area contributed by atoms with E-state index in [4.69, 9.17) is 37.7 Å². The van der Waals surface area contributed by atoms with Gasteiger partial charge in [0, 0.05) is 13.8 Å². The Morgan fingerprint density at radius 3 is 1.63 bits per heavy atom. The first-order valence-corrected chi connectivity index (χ1v) is 21.9. The van der Waals surface area contributed by atoms with Gasteiger partial charge in [0.25, 0.3) is 0 Å². The lowest BCUT2D eigenvalue weighted by Crippen LogP contribution is -2.70. The molecule has 0 aromatic carbocycles. The van der Waals surface area contributed by atoms with E-state index in [0.717, 1.165) is 13.8 Å². The zero-order chi connectivity index (χ0) is 49.3. The van der Waals surface area contributed by atoms with Crippen LogP contribution in [0.3, 0.4) is 0 Å². The number of amides is 2. The summed E-state index contributed by atoms with van der Waals surface area (Å²) >= 11 is 0.